The summed E-state index contributed by atoms with van der Waals surface area (Å²) in [6.45, 7) is 0.740. The molecule has 0 aromatic heterocycles. The Bertz CT molecular complexity index is 362. The van der Waals surface area contributed by atoms with Crippen LogP contribution in [0.5, 0.6) is 0 Å². The first-order chi connectivity index (χ1) is 6.77. The Morgan fingerprint density at radius 1 is 1.43 bits per heavy atom. The molecule has 14 heavy (non-hydrogen) atoms. The average molecular weight is 210 g/mol. The monoisotopic (exact) mass is 209 g/mol. The normalized spacial score (nSPS) is 17.4. The maximum Gasteiger partial charge on any atom is 0.0912 e. The van der Waals surface area contributed by atoms with Gasteiger partial charge in [-0.15, -0.1) is 0 Å². The minimum atomic E-state index is -0.0869. The van der Waals surface area contributed by atoms with Crippen molar-refractivity contribution in [1.82, 2.24) is 0 Å². The van der Waals surface area contributed by atoms with E-state index in [0.717, 1.165) is 29.2 Å². The third kappa shape index (κ3) is 1.91. The van der Waals surface area contributed by atoms with Crippen LogP contribution in [0.1, 0.15) is 18.0 Å². The van der Waals surface area contributed by atoms with Gasteiger partial charge in [0.25, 0.3) is 0 Å². The molecule has 2 nitrogen and oxygen atoms in total. The van der Waals surface area contributed by atoms with E-state index in [0.29, 0.717) is 0 Å². The Kier molecular flexibility index (Phi) is 2.75. The lowest BCUT2D eigenvalue weighted by molar-refractivity contribution is 0.281. The number of rotatable bonds is 2. The molecule has 2 N–H and O–H groups in total. The van der Waals surface area contributed by atoms with Gasteiger partial charge in [-0.05, 0) is 23.3 Å². The first kappa shape index (κ1) is 9.56. The summed E-state index contributed by atoms with van der Waals surface area (Å²) in [4.78, 5) is 0. The van der Waals surface area contributed by atoms with E-state index in [1.54, 1.807) is 6.26 Å². The summed E-state index contributed by atoms with van der Waals surface area (Å²) in [7, 11) is 0. The second-order valence-electron chi connectivity index (χ2n) is 3.35. The van der Waals surface area contributed by atoms with Crippen molar-refractivity contribution in [1.29, 1.82) is 0 Å². The molecule has 2 rings (SSSR count). The summed E-state index contributed by atoms with van der Waals surface area (Å²) < 4.78 is 5.15. The maximum atomic E-state index is 6.06. The van der Waals surface area contributed by atoms with E-state index in [9.17, 15) is 0 Å². The van der Waals surface area contributed by atoms with E-state index in [2.05, 4.69) is 0 Å². The predicted octanol–water partition coefficient (Wildman–Crippen LogP) is 2.64. The van der Waals surface area contributed by atoms with Gasteiger partial charge < -0.3 is 10.5 Å². The van der Waals surface area contributed by atoms with Crippen LogP contribution in [0.2, 0.25) is 5.02 Å². The predicted molar refractivity (Wildman–Crippen MR) is 57.0 cm³/mol. The molecule has 1 aromatic rings. The highest BCUT2D eigenvalue weighted by Gasteiger charge is 2.15. The van der Waals surface area contributed by atoms with E-state index < -0.39 is 0 Å². The van der Waals surface area contributed by atoms with Crippen LogP contribution in [0, 0.1) is 0 Å². The second-order valence-corrected chi connectivity index (χ2v) is 3.78. The van der Waals surface area contributed by atoms with Crippen molar-refractivity contribution < 1.29 is 4.74 Å². The molecular formula is C11H12ClNO. The van der Waals surface area contributed by atoms with Crippen molar-refractivity contribution in [3.63, 3.8) is 0 Å². The SMILES string of the molecule is NC(C1=COCC1)c1cccc(Cl)c1. The lowest BCUT2D eigenvalue weighted by Gasteiger charge is -2.11. The van der Waals surface area contributed by atoms with Crippen molar-refractivity contribution in [3.05, 3.63) is 46.7 Å². The first-order valence-electron chi connectivity index (χ1n) is 4.59. The molecule has 1 heterocycles. The van der Waals surface area contributed by atoms with E-state index in [4.69, 9.17) is 22.1 Å². The van der Waals surface area contributed by atoms with Crippen LogP contribution >= 0.6 is 11.6 Å². The lowest BCUT2D eigenvalue weighted by atomic mass is 9.99. The fraction of sp³-hybridized carbons (Fsp3) is 0.273. The topological polar surface area (TPSA) is 35.2 Å². The van der Waals surface area contributed by atoms with E-state index in [1.807, 2.05) is 24.3 Å². The van der Waals surface area contributed by atoms with Gasteiger partial charge in [-0.2, -0.15) is 0 Å². The summed E-state index contributed by atoms with van der Waals surface area (Å²) in [6, 6.07) is 7.54. The molecule has 1 aliphatic heterocycles. The van der Waals surface area contributed by atoms with Crippen molar-refractivity contribution in [3.8, 4) is 0 Å². The highest BCUT2D eigenvalue weighted by Crippen LogP contribution is 2.26. The standard InChI is InChI=1S/C11H12ClNO/c12-10-3-1-2-8(6-10)11(13)9-4-5-14-7-9/h1-3,6-7,11H,4-5,13H2. The van der Waals surface area contributed by atoms with Gasteiger partial charge in [0.2, 0.25) is 0 Å². The van der Waals surface area contributed by atoms with Crippen LogP contribution in [0.4, 0.5) is 0 Å². The zero-order valence-corrected chi connectivity index (χ0v) is 8.50. The minimum absolute atomic E-state index is 0.0869. The van der Waals surface area contributed by atoms with Crippen molar-refractivity contribution in [2.45, 2.75) is 12.5 Å². The molecular weight excluding hydrogens is 198 g/mol. The van der Waals surface area contributed by atoms with Crippen LogP contribution in [0.15, 0.2) is 36.1 Å². The smallest absolute Gasteiger partial charge is 0.0912 e. The van der Waals surface area contributed by atoms with Gasteiger partial charge in [-0.3, -0.25) is 0 Å². The zero-order chi connectivity index (χ0) is 9.97. The minimum Gasteiger partial charge on any atom is -0.501 e. The largest absolute Gasteiger partial charge is 0.501 e. The second kappa shape index (κ2) is 4.03. The maximum absolute atomic E-state index is 6.06. The van der Waals surface area contributed by atoms with Gasteiger partial charge in [0, 0.05) is 11.4 Å². The van der Waals surface area contributed by atoms with Crippen LogP contribution in [0.25, 0.3) is 0 Å². The van der Waals surface area contributed by atoms with Crippen LogP contribution in [0.3, 0.4) is 0 Å². The molecule has 0 aliphatic carbocycles. The molecule has 0 spiro atoms. The average Bonchev–Trinajstić information content (AvgIpc) is 2.69. The third-order valence-electron chi connectivity index (χ3n) is 2.35. The molecule has 74 valence electrons. The molecule has 0 radical (unpaired) electrons. The summed E-state index contributed by atoms with van der Waals surface area (Å²) in [5.74, 6) is 0. The molecule has 0 fully saturated rings. The van der Waals surface area contributed by atoms with Crippen LogP contribution in [-0.2, 0) is 4.74 Å². The fourth-order valence-corrected chi connectivity index (χ4v) is 1.74. The van der Waals surface area contributed by atoms with Gasteiger partial charge >= 0.3 is 0 Å². The van der Waals surface area contributed by atoms with Gasteiger partial charge in [-0.25, -0.2) is 0 Å². The Balaban J connectivity index is 2.22. The van der Waals surface area contributed by atoms with Gasteiger partial charge in [0.15, 0.2) is 0 Å². The third-order valence-corrected chi connectivity index (χ3v) is 2.59. The van der Waals surface area contributed by atoms with Crippen LogP contribution in [-0.4, -0.2) is 6.61 Å². The summed E-state index contributed by atoms with van der Waals surface area (Å²) in [5, 5.41) is 0.720. The Morgan fingerprint density at radius 2 is 2.29 bits per heavy atom. The Morgan fingerprint density at radius 3 is 2.93 bits per heavy atom. The highest BCUT2D eigenvalue weighted by atomic mass is 35.5. The number of hydrogen-bond donors (Lipinski definition) is 1. The highest BCUT2D eigenvalue weighted by molar-refractivity contribution is 6.30. The molecule has 3 heteroatoms. The number of ether oxygens (including phenoxy) is 1. The van der Waals surface area contributed by atoms with Gasteiger partial charge in [0.1, 0.15) is 0 Å². The van der Waals surface area contributed by atoms with E-state index >= 15 is 0 Å². The Labute approximate surface area is 88.3 Å². The zero-order valence-electron chi connectivity index (χ0n) is 7.74. The number of benzene rings is 1. The molecule has 1 aromatic carbocycles. The van der Waals surface area contributed by atoms with E-state index in [-0.39, 0.29) is 6.04 Å². The molecule has 0 saturated carbocycles. The Hall–Kier alpha value is -0.990. The summed E-state index contributed by atoms with van der Waals surface area (Å²) >= 11 is 5.89. The fourth-order valence-electron chi connectivity index (χ4n) is 1.54. The molecule has 0 saturated heterocycles. The molecule has 1 aliphatic rings. The van der Waals surface area contributed by atoms with Gasteiger partial charge in [0.05, 0.1) is 18.9 Å². The molecule has 0 bridgehead atoms. The first-order valence-corrected chi connectivity index (χ1v) is 4.97. The van der Waals surface area contributed by atoms with Crippen molar-refractivity contribution in [2.75, 3.05) is 6.61 Å². The summed E-state index contributed by atoms with van der Waals surface area (Å²) in [6.07, 6.45) is 2.67. The van der Waals surface area contributed by atoms with Crippen molar-refractivity contribution >= 4 is 11.6 Å². The van der Waals surface area contributed by atoms with Crippen molar-refractivity contribution in [2.24, 2.45) is 5.73 Å². The number of hydrogen-bond acceptors (Lipinski definition) is 2. The molecule has 1 unspecified atom stereocenters. The summed E-state index contributed by atoms with van der Waals surface area (Å²) in [5.41, 5.74) is 8.23. The lowest BCUT2D eigenvalue weighted by Crippen LogP contribution is -2.12. The van der Waals surface area contributed by atoms with Crippen LogP contribution < -0.4 is 5.73 Å². The molecule has 0 amide bonds. The van der Waals surface area contributed by atoms with Gasteiger partial charge in [-0.1, -0.05) is 23.7 Å². The van der Waals surface area contributed by atoms with E-state index in [1.165, 1.54) is 0 Å². The quantitative estimate of drug-likeness (QED) is 0.813. The number of halogens is 1. The number of nitrogens with two attached hydrogens (primary N) is 1. The molecule has 1 atom stereocenters.